The topological polar surface area (TPSA) is 65.2 Å². The van der Waals surface area contributed by atoms with Crippen molar-refractivity contribution in [3.63, 3.8) is 0 Å². The Morgan fingerprint density at radius 2 is 2.28 bits per heavy atom. The Kier molecular flexibility index (Phi) is 5.46. The Morgan fingerprint density at radius 3 is 2.78 bits per heavy atom. The summed E-state index contributed by atoms with van der Waals surface area (Å²) in [5.41, 5.74) is 5.77. The number of rotatable bonds is 5. The number of hydrogen-bond acceptors (Lipinski definition) is 4. The fourth-order valence-electron chi connectivity index (χ4n) is 1.48. The van der Waals surface area contributed by atoms with Gasteiger partial charge in [0.15, 0.2) is 0 Å². The van der Waals surface area contributed by atoms with E-state index in [-0.39, 0.29) is 30.0 Å². The van der Waals surface area contributed by atoms with Gasteiger partial charge in [0.1, 0.15) is 5.82 Å². The van der Waals surface area contributed by atoms with Crippen LogP contribution in [0.1, 0.15) is 30.2 Å². The van der Waals surface area contributed by atoms with Crippen LogP contribution in [0.3, 0.4) is 0 Å². The Hall–Kier alpha value is -1.24. The van der Waals surface area contributed by atoms with Crippen LogP contribution in [0.15, 0.2) is 6.07 Å². The average molecular weight is 323 g/mol. The molecule has 0 saturated heterocycles. The monoisotopic (exact) mass is 322 g/mol. The van der Waals surface area contributed by atoms with Gasteiger partial charge in [0.25, 0.3) is 6.43 Å². The fourth-order valence-corrected chi connectivity index (χ4v) is 1.77. The SMILES string of the molecule is CCOC(=O)Cc1c(C(F)F)cc(CBr)nc1N. The van der Waals surface area contributed by atoms with E-state index in [4.69, 9.17) is 10.5 Å². The first kappa shape index (κ1) is 14.8. The molecule has 0 fully saturated rings. The van der Waals surface area contributed by atoms with Gasteiger partial charge in [0.05, 0.1) is 18.7 Å². The zero-order valence-corrected chi connectivity index (χ0v) is 11.3. The van der Waals surface area contributed by atoms with Crippen LogP contribution < -0.4 is 5.73 Å². The van der Waals surface area contributed by atoms with Crippen LogP contribution in [0.5, 0.6) is 0 Å². The molecular weight excluding hydrogens is 310 g/mol. The van der Waals surface area contributed by atoms with Crippen LogP contribution in [0.4, 0.5) is 14.6 Å². The first-order valence-electron chi connectivity index (χ1n) is 5.27. The molecule has 7 heteroatoms. The lowest BCUT2D eigenvalue weighted by Crippen LogP contribution is -2.13. The van der Waals surface area contributed by atoms with E-state index in [1.54, 1.807) is 6.92 Å². The molecular formula is C11H13BrF2N2O2. The second kappa shape index (κ2) is 6.63. The van der Waals surface area contributed by atoms with E-state index in [0.717, 1.165) is 0 Å². The molecule has 0 saturated carbocycles. The van der Waals surface area contributed by atoms with Gasteiger partial charge in [-0.25, -0.2) is 13.8 Å². The Balaban J connectivity index is 3.12. The summed E-state index contributed by atoms with van der Waals surface area (Å²) in [5, 5.41) is 0.316. The predicted octanol–water partition coefficient (Wildman–Crippen LogP) is 2.60. The third-order valence-corrected chi connectivity index (χ3v) is 2.82. The van der Waals surface area contributed by atoms with Gasteiger partial charge in [0.2, 0.25) is 0 Å². The highest BCUT2D eigenvalue weighted by Gasteiger charge is 2.20. The fraction of sp³-hybridized carbons (Fsp3) is 0.455. The molecule has 0 aliphatic carbocycles. The third kappa shape index (κ3) is 3.63. The van der Waals surface area contributed by atoms with Crippen LogP contribution in [0.2, 0.25) is 0 Å². The zero-order valence-electron chi connectivity index (χ0n) is 9.75. The molecule has 2 N–H and O–H groups in total. The van der Waals surface area contributed by atoms with Crippen molar-refractivity contribution in [1.82, 2.24) is 4.98 Å². The molecule has 0 amide bonds. The van der Waals surface area contributed by atoms with Gasteiger partial charge in [-0.3, -0.25) is 4.79 Å². The number of alkyl halides is 3. The minimum absolute atomic E-state index is 0.0353. The van der Waals surface area contributed by atoms with Crippen molar-refractivity contribution >= 4 is 27.7 Å². The highest BCUT2D eigenvalue weighted by Crippen LogP contribution is 2.28. The van der Waals surface area contributed by atoms with Crippen molar-refractivity contribution in [2.75, 3.05) is 12.3 Å². The lowest BCUT2D eigenvalue weighted by atomic mass is 10.1. The smallest absolute Gasteiger partial charge is 0.310 e. The molecule has 0 atom stereocenters. The number of ether oxygens (including phenoxy) is 1. The molecule has 0 radical (unpaired) electrons. The molecule has 1 aromatic rings. The molecule has 1 aromatic heterocycles. The number of nitrogen functional groups attached to an aromatic ring is 1. The van der Waals surface area contributed by atoms with Gasteiger partial charge in [-0.1, -0.05) is 15.9 Å². The number of carbonyl (C=O) groups is 1. The summed E-state index contributed by atoms with van der Waals surface area (Å²) >= 11 is 3.12. The summed E-state index contributed by atoms with van der Waals surface area (Å²) < 4.78 is 30.5. The van der Waals surface area contributed by atoms with Crippen LogP contribution in [-0.2, 0) is 21.3 Å². The normalized spacial score (nSPS) is 10.7. The van der Waals surface area contributed by atoms with Gasteiger partial charge < -0.3 is 10.5 Å². The van der Waals surface area contributed by atoms with Crippen LogP contribution in [0.25, 0.3) is 0 Å². The lowest BCUT2D eigenvalue weighted by Gasteiger charge is -2.12. The van der Waals surface area contributed by atoms with E-state index >= 15 is 0 Å². The highest BCUT2D eigenvalue weighted by molar-refractivity contribution is 9.08. The molecule has 0 spiro atoms. The second-order valence-electron chi connectivity index (χ2n) is 3.48. The number of pyridine rings is 1. The van der Waals surface area contributed by atoms with E-state index in [1.165, 1.54) is 6.07 Å². The molecule has 0 aliphatic rings. The summed E-state index contributed by atoms with van der Waals surface area (Å²) in [6.45, 7) is 1.83. The Morgan fingerprint density at radius 1 is 1.61 bits per heavy atom. The maximum Gasteiger partial charge on any atom is 0.310 e. The zero-order chi connectivity index (χ0) is 13.7. The number of hydrogen-bond donors (Lipinski definition) is 1. The minimum atomic E-state index is -2.71. The van der Waals surface area contributed by atoms with Gasteiger partial charge in [0, 0.05) is 16.5 Å². The van der Waals surface area contributed by atoms with Crippen LogP contribution in [-0.4, -0.2) is 17.6 Å². The predicted molar refractivity (Wildman–Crippen MR) is 66.6 cm³/mol. The lowest BCUT2D eigenvalue weighted by molar-refractivity contribution is -0.142. The molecule has 18 heavy (non-hydrogen) atoms. The summed E-state index contributed by atoms with van der Waals surface area (Å²) in [5.74, 6) is -0.658. The number of esters is 1. The summed E-state index contributed by atoms with van der Waals surface area (Å²) in [4.78, 5) is 15.3. The molecule has 0 aromatic carbocycles. The number of halogens is 3. The van der Waals surface area contributed by atoms with Gasteiger partial charge in [-0.05, 0) is 13.0 Å². The molecule has 0 bridgehead atoms. The first-order valence-corrected chi connectivity index (χ1v) is 6.39. The molecule has 0 unspecified atom stereocenters. The average Bonchev–Trinajstić information content (AvgIpc) is 2.31. The van der Waals surface area contributed by atoms with Crippen molar-refractivity contribution in [3.8, 4) is 0 Å². The van der Waals surface area contributed by atoms with Gasteiger partial charge in [-0.15, -0.1) is 0 Å². The number of anilines is 1. The van der Waals surface area contributed by atoms with Crippen molar-refractivity contribution in [2.45, 2.75) is 25.1 Å². The van der Waals surface area contributed by atoms with E-state index in [0.29, 0.717) is 11.0 Å². The summed E-state index contributed by atoms with van der Waals surface area (Å²) in [6.07, 6.45) is -3.01. The number of nitrogens with zero attached hydrogens (tertiary/aromatic N) is 1. The molecule has 0 aliphatic heterocycles. The van der Waals surface area contributed by atoms with Crippen LogP contribution in [0, 0.1) is 0 Å². The van der Waals surface area contributed by atoms with E-state index < -0.39 is 12.4 Å². The minimum Gasteiger partial charge on any atom is -0.466 e. The quantitative estimate of drug-likeness (QED) is 0.668. The largest absolute Gasteiger partial charge is 0.466 e. The van der Waals surface area contributed by atoms with Gasteiger partial charge in [-0.2, -0.15) is 0 Å². The summed E-state index contributed by atoms with van der Waals surface area (Å²) in [7, 11) is 0. The number of aromatic nitrogens is 1. The molecule has 1 heterocycles. The number of nitrogens with two attached hydrogens (primary N) is 1. The maximum absolute atomic E-state index is 12.9. The van der Waals surface area contributed by atoms with Crippen molar-refractivity contribution in [2.24, 2.45) is 0 Å². The Labute approximate surface area is 112 Å². The Bertz CT molecular complexity index is 441. The van der Waals surface area contributed by atoms with Crippen molar-refractivity contribution in [3.05, 3.63) is 22.9 Å². The molecule has 4 nitrogen and oxygen atoms in total. The van der Waals surface area contributed by atoms with E-state index in [2.05, 4.69) is 20.9 Å². The van der Waals surface area contributed by atoms with Crippen molar-refractivity contribution in [1.29, 1.82) is 0 Å². The highest BCUT2D eigenvalue weighted by atomic mass is 79.9. The maximum atomic E-state index is 12.9. The van der Waals surface area contributed by atoms with Crippen LogP contribution >= 0.6 is 15.9 Å². The van der Waals surface area contributed by atoms with E-state index in [9.17, 15) is 13.6 Å². The molecule has 100 valence electrons. The summed E-state index contributed by atoms with van der Waals surface area (Å²) in [6, 6.07) is 1.24. The third-order valence-electron chi connectivity index (χ3n) is 2.24. The van der Waals surface area contributed by atoms with E-state index in [1.807, 2.05) is 0 Å². The second-order valence-corrected chi connectivity index (χ2v) is 4.04. The number of carbonyl (C=O) groups excluding carboxylic acids is 1. The molecule has 1 rings (SSSR count). The van der Waals surface area contributed by atoms with Gasteiger partial charge >= 0.3 is 5.97 Å². The van der Waals surface area contributed by atoms with Crippen molar-refractivity contribution < 1.29 is 18.3 Å². The first-order chi connectivity index (χ1) is 8.49. The standard InChI is InChI=1S/C11H13BrF2N2O2/c1-2-18-9(17)4-8-7(10(13)14)3-6(5-12)16-11(8)15/h3,10H,2,4-5H2,1H3,(H2,15,16).